The third-order valence-electron chi connectivity index (χ3n) is 7.31. The van der Waals surface area contributed by atoms with Gasteiger partial charge < -0.3 is 46.4 Å². The highest BCUT2D eigenvalue weighted by atomic mass is 16.7. The largest absolute Gasteiger partial charge is 0.364 e. The van der Waals surface area contributed by atoms with Crippen molar-refractivity contribution < 1.29 is 40.5 Å². The van der Waals surface area contributed by atoms with Crippen molar-refractivity contribution >= 4 is 17.8 Å². The Morgan fingerprint density at radius 3 is 2.33 bits per heavy atom. The van der Waals surface area contributed by atoms with E-state index in [1.807, 2.05) is 0 Å². The topological polar surface area (TPSA) is 273 Å². The molecule has 1 aliphatic rings. The summed E-state index contributed by atoms with van der Waals surface area (Å²) in [6.07, 6.45) is 8.83. The molecule has 1 fully saturated rings. The number of nitrogens with zero attached hydrogens (tertiary/aromatic N) is 9. The highest BCUT2D eigenvalue weighted by Crippen LogP contribution is 2.31. The summed E-state index contributed by atoms with van der Waals surface area (Å²) in [6.45, 7) is 0.739. The van der Waals surface area contributed by atoms with Crippen LogP contribution in [-0.2, 0) is 13.0 Å². The molecule has 0 radical (unpaired) electrons. The molecule has 2 amide bonds. The van der Waals surface area contributed by atoms with E-state index in [4.69, 9.17) is 0 Å². The predicted molar refractivity (Wildman–Crippen MR) is 158 cm³/mol. The van der Waals surface area contributed by atoms with Gasteiger partial charge in [-0.15, -0.1) is 0 Å². The Hall–Kier alpha value is -4.63. The van der Waals surface area contributed by atoms with Crippen molar-refractivity contribution in [2.75, 3.05) is 16.8 Å². The van der Waals surface area contributed by atoms with Gasteiger partial charge in [0, 0.05) is 43.3 Å². The Balaban J connectivity index is 1.32. The quantitative estimate of drug-likeness (QED) is 0.0910. The Labute approximate surface area is 261 Å². The van der Waals surface area contributed by atoms with Crippen LogP contribution in [-0.4, -0.2) is 106 Å². The zero-order valence-corrected chi connectivity index (χ0v) is 24.9. The highest BCUT2D eigenvalue weighted by Gasteiger charge is 2.33. The number of aliphatic hydroxyl groups is 7. The molecule has 0 saturated heterocycles. The zero-order chi connectivity index (χ0) is 33.2. The second-order valence-electron chi connectivity index (χ2n) is 11.2. The van der Waals surface area contributed by atoms with Gasteiger partial charge >= 0.3 is 12.0 Å². The van der Waals surface area contributed by atoms with Gasteiger partial charge in [-0.1, -0.05) is 0 Å². The van der Waals surface area contributed by atoms with Crippen LogP contribution in [0.4, 0.5) is 16.6 Å². The molecule has 1 aliphatic carbocycles. The minimum Gasteiger partial charge on any atom is -0.364 e. The molecule has 0 atom stereocenters. The predicted octanol–water partition coefficient (Wildman–Crippen LogP) is -1.30. The maximum Gasteiger partial charge on any atom is 0.323 e. The molecule has 1 saturated carbocycles. The Morgan fingerprint density at radius 1 is 1.02 bits per heavy atom. The van der Waals surface area contributed by atoms with Gasteiger partial charge in [-0.05, 0) is 38.7 Å². The molecule has 19 heteroatoms. The van der Waals surface area contributed by atoms with Gasteiger partial charge in [0.1, 0.15) is 11.4 Å². The molecule has 4 aromatic rings. The lowest BCUT2D eigenvalue weighted by Gasteiger charge is -2.36. The number of carbonyl (C=O) groups is 1. The van der Waals surface area contributed by atoms with Gasteiger partial charge in [0.05, 0.1) is 36.4 Å². The lowest BCUT2D eigenvalue weighted by molar-refractivity contribution is -0.323. The molecule has 0 spiro atoms. The van der Waals surface area contributed by atoms with Crippen LogP contribution in [0.15, 0.2) is 43.2 Å². The summed E-state index contributed by atoms with van der Waals surface area (Å²) in [5.41, 5.74) is 0.695. The summed E-state index contributed by atoms with van der Waals surface area (Å²) in [7, 11) is 1.78. The minimum absolute atomic E-state index is 0.0120. The molecule has 5 rings (SSSR count). The molecular weight excluding hydrogens is 606 g/mol. The standard InChI is InChI=1S/C27H35N11O8/c1-26(42,43)14-31-24(39)38(21-12-28-20(11-29-21)15-9-32-36(2)13-15)17-5-3-16(4-6-17)33-23-30-10-18(27(44,45)46)22(34-23)19-7-8-37(35-19)25(40)41/h7-13,16-17,25,40-46H,3-6,14H2,1-2H3,(H,31,39)(H,30,33,34)/t16-,17-. The van der Waals surface area contributed by atoms with Crippen molar-refractivity contribution in [3.05, 3.63) is 48.8 Å². The summed E-state index contributed by atoms with van der Waals surface area (Å²) in [6, 6.07) is 0.266. The monoisotopic (exact) mass is 641 g/mol. The van der Waals surface area contributed by atoms with Crippen LogP contribution in [0.1, 0.15) is 44.6 Å². The van der Waals surface area contributed by atoms with Crippen LogP contribution in [0, 0.1) is 0 Å². The van der Waals surface area contributed by atoms with Crippen molar-refractivity contribution in [1.29, 1.82) is 0 Å². The van der Waals surface area contributed by atoms with Crippen LogP contribution in [0.5, 0.6) is 0 Å². The molecule has 0 unspecified atom stereocenters. The van der Waals surface area contributed by atoms with Crippen LogP contribution >= 0.6 is 0 Å². The summed E-state index contributed by atoms with van der Waals surface area (Å²) in [4.78, 5) is 32.1. The van der Waals surface area contributed by atoms with Gasteiger partial charge in [0.25, 0.3) is 6.41 Å². The number of aromatic nitrogens is 8. The smallest absolute Gasteiger partial charge is 0.323 e. The zero-order valence-electron chi connectivity index (χ0n) is 24.9. The fraction of sp³-hybridized carbons (Fsp3) is 0.444. The fourth-order valence-electron chi connectivity index (χ4n) is 5.08. The number of anilines is 2. The SMILES string of the molecule is Cn1cc(-c2cnc(N(C(=O)NCC(C)(O)O)[C@H]3CC[C@H](Nc4ncc(C(O)(O)O)c(-c5ccn(C(O)O)n5)n4)CC3)cn2)cn1. The fourth-order valence-corrected chi connectivity index (χ4v) is 5.08. The van der Waals surface area contributed by atoms with Crippen LogP contribution in [0.3, 0.4) is 0 Å². The summed E-state index contributed by atoms with van der Waals surface area (Å²) in [5.74, 6) is -5.05. The molecule has 4 aromatic heterocycles. The van der Waals surface area contributed by atoms with Crippen LogP contribution in [0.25, 0.3) is 22.6 Å². The number of hydrogen-bond acceptors (Lipinski definition) is 15. The van der Waals surface area contributed by atoms with E-state index in [1.54, 1.807) is 24.1 Å². The lowest BCUT2D eigenvalue weighted by Crippen LogP contribution is -2.52. The van der Waals surface area contributed by atoms with Gasteiger partial charge in [-0.25, -0.2) is 24.4 Å². The number of aryl methyl sites for hydroxylation is 1. The van der Waals surface area contributed by atoms with Gasteiger partial charge in [-0.2, -0.15) is 10.2 Å². The van der Waals surface area contributed by atoms with E-state index in [0.717, 1.165) is 23.4 Å². The Morgan fingerprint density at radius 2 is 1.76 bits per heavy atom. The lowest BCUT2D eigenvalue weighted by atomic mass is 9.90. The number of aliphatic hydroxyl groups excluding tert-OH is 1. The van der Waals surface area contributed by atoms with Crippen molar-refractivity contribution in [2.24, 2.45) is 7.05 Å². The number of nitrogens with one attached hydrogen (secondary N) is 2. The molecule has 246 valence electrons. The summed E-state index contributed by atoms with van der Waals surface area (Å²) >= 11 is 0. The first-order chi connectivity index (χ1) is 21.7. The maximum absolute atomic E-state index is 13.3. The van der Waals surface area contributed by atoms with E-state index >= 15 is 0 Å². The normalized spacial score (nSPS) is 17.3. The molecule has 0 aromatic carbocycles. The Kier molecular flexibility index (Phi) is 9.26. The Bertz CT molecular complexity index is 1640. The first-order valence-corrected chi connectivity index (χ1v) is 14.2. The van der Waals surface area contributed by atoms with Crippen LogP contribution in [0.2, 0.25) is 0 Å². The van der Waals surface area contributed by atoms with Crippen molar-refractivity contribution in [3.63, 3.8) is 0 Å². The number of rotatable bonds is 10. The first-order valence-electron chi connectivity index (χ1n) is 14.2. The minimum atomic E-state index is -3.29. The average molecular weight is 642 g/mol. The molecular formula is C27H35N11O8. The number of amides is 2. The number of carbonyl (C=O) groups excluding carboxylic acids is 1. The maximum atomic E-state index is 13.3. The van der Waals surface area contributed by atoms with E-state index in [-0.39, 0.29) is 35.2 Å². The molecule has 9 N–H and O–H groups in total. The first kappa shape index (κ1) is 32.8. The van der Waals surface area contributed by atoms with E-state index in [1.165, 1.54) is 29.6 Å². The van der Waals surface area contributed by atoms with Crippen molar-refractivity contribution in [2.45, 2.75) is 62.9 Å². The summed E-state index contributed by atoms with van der Waals surface area (Å²) < 4.78 is 2.43. The molecule has 0 bridgehead atoms. The third-order valence-corrected chi connectivity index (χ3v) is 7.31. The number of hydrogen-bond donors (Lipinski definition) is 9. The van der Waals surface area contributed by atoms with Gasteiger partial charge in [0.15, 0.2) is 11.6 Å². The van der Waals surface area contributed by atoms with Crippen molar-refractivity contribution in [3.8, 4) is 22.6 Å². The average Bonchev–Trinajstić information content (AvgIpc) is 3.67. The van der Waals surface area contributed by atoms with E-state index < -0.39 is 36.3 Å². The molecule has 19 nitrogen and oxygen atoms in total. The van der Waals surface area contributed by atoms with Gasteiger partial charge in [0.2, 0.25) is 5.95 Å². The number of urea groups is 1. The molecule has 46 heavy (non-hydrogen) atoms. The molecule has 0 aliphatic heterocycles. The van der Waals surface area contributed by atoms with Gasteiger partial charge in [-0.3, -0.25) is 14.6 Å². The van der Waals surface area contributed by atoms with E-state index in [2.05, 4.69) is 40.8 Å². The van der Waals surface area contributed by atoms with Crippen molar-refractivity contribution in [1.82, 2.24) is 44.8 Å². The third kappa shape index (κ3) is 7.77. The van der Waals surface area contributed by atoms with Crippen LogP contribution < -0.4 is 15.5 Å². The van der Waals surface area contributed by atoms with E-state index in [0.29, 0.717) is 31.4 Å². The second-order valence-corrected chi connectivity index (χ2v) is 11.2. The summed E-state index contributed by atoms with van der Waals surface area (Å²) in [5, 5.41) is 81.6. The molecule has 4 heterocycles. The van der Waals surface area contributed by atoms with E-state index in [9.17, 15) is 40.5 Å². The highest BCUT2D eigenvalue weighted by molar-refractivity contribution is 5.91. The second kappa shape index (κ2) is 13.0.